The Bertz CT molecular complexity index is 516. The van der Waals surface area contributed by atoms with Crippen LogP contribution in [0.4, 0.5) is 0 Å². The first-order valence-corrected chi connectivity index (χ1v) is 8.90. The van der Waals surface area contributed by atoms with Gasteiger partial charge in [0.25, 0.3) is 0 Å². The number of hydrogen-bond acceptors (Lipinski definition) is 4. The highest BCUT2D eigenvalue weighted by Gasteiger charge is 2.30. The quantitative estimate of drug-likeness (QED) is 0.837. The largest absolute Gasteiger partial charge is 0.496 e. The van der Waals surface area contributed by atoms with Gasteiger partial charge in [-0.3, -0.25) is 4.90 Å². The first-order chi connectivity index (χ1) is 11.2. The minimum absolute atomic E-state index is 0.278. The molecule has 4 heteroatoms. The van der Waals surface area contributed by atoms with Gasteiger partial charge in [0.2, 0.25) is 0 Å². The second kappa shape index (κ2) is 7.65. The van der Waals surface area contributed by atoms with Crippen molar-refractivity contribution in [3.63, 3.8) is 0 Å². The lowest BCUT2D eigenvalue weighted by Crippen LogP contribution is -2.53. The summed E-state index contributed by atoms with van der Waals surface area (Å²) in [6.45, 7) is 7.97. The van der Waals surface area contributed by atoms with Crippen LogP contribution in [0.1, 0.15) is 30.4 Å². The fraction of sp³-hybridized carbons (Fsp3) is 0.684. The van der Waals surface area contributed by atoms with Gasteiger partial charge in [0.15, 0.2) is 0 Å². The molecule has 128 valence electrons. The van der Waals surface area contributed by atoms with Gasteiger partial charge in [0.1, 0.15) is 5.75 Å². The molecule has 4 nitrogen and oxygen atoms in total. The smallest absolute Gasteiger partial charge is 0.121 e. The van der Waals surface area contributed by atoms with Gasteiger partial charge in [-0.25, -0.2) is 0 Å². The summed E-state index contributed by atoms with van der Waals surface area (Å²) in [5.74, 6) is 1.90. The molecule has 1 aromatic carbocycles. The lowest BCUT2D eigenvalue weighted by molar-refractivity contribution is 0.0515. The van der Waals surface area contributed by atoms with Crippen LogP contribution >= 0.6 is 0 Å². The zero-order valence-electron chi connectivity index (χ0n) is 14.5. The van der Waals surface area contributed by atoms with E-state index >= 15 is 0 Å². The Hall–Kier alpha value is -1.10. The summed E-state index contributed by atoms with van der Waals surface area (Å²) in [4.78, 5) is 5.15. The van der Waals surface area contributed by atoms with Crippen LogP contribution in [0.2, 0.25) is 0 Å². The van der Waals surface area contributed by atoms with Crippen molar-refractivity contribution in [2.75, 3.05) is 39.9 Å². The van der Waals surface area contributed by atoms with Gasteiger partial charge < -0.3 is 14.7 Å². The summed E-state index contributed by atoms with van der Waals surface area (Å²) in [6.07, 6.45) is 3.70. The topological polar surface area (TPSA) is 35.9 Å². The van der Waals surface area contributed by atoms with E-state index in [9.17, 15) is 5.11 Å². The fourth-order valence-electron chi connectivity index (χ4n) is 3.69. The molecule has 0 spiro atoms. The van der Waals surface area contributed by atoms with Crippen molar-refractivity contribution >= 4 is 0 Å². The number of methoxy groups -OCH3 is 1. The normalized spacial score (nSPS) is 23.2. The Balaban J connectivity index is 1.61. The Morgan fingerprint density at radius 1 is 1.26 bits per heavy atom. The molecular weight excluding hydrogens is 288 g/mol. The first-order valence-electron chi connectivity index (χ1n) is 8.90. The zero-order valence-corrected chi connectivity index (χ0v) is 14.5. The Labute approximate surface area is 140 Å². The highest BCUT2D eigenvalue weighted by molar-refractivity contribution is 5.36. The summed E-state index contributed by atoms with van der Waals surface area (Å²) in [5, 5.41) is 9.43. The van der Waals surface area contributed by atoms with E-state index in [2.05, 4.69) is 34.9 Å². The van der Waals surface area contributed by atoms with Crippen molar-refractivity contribution in [2.24, 2.45) is 5.92 Å². The fourth-order valence-corrected chi connectivity index (χ4v) is 3.69. The Morgan fingerprint density at radius 3 is 2.74 bits per heavy atom. The molecule has 3 rings (SSSR count). The number of benzene rings is 1. The van der Waals surface area contributed by atoms with Crippen LogP contribution in [0.3, 0.4) is 0 Å². The van der Waals surface area contributed by atoms with E-state index in [1.165, 1.54) is 30.5 Å². The molecule has 0 amide bonds. The van der Waals surface area contributed by atoms with Gasteiger partial charge in [-0.15, -0.1) is 0 Å². The molecular formula is C19H30N2O2. The summed E-state index contributed by atoms with van der Waals surface area (Å²) in [7, 11) is 1.72. The first kappa shape index (κ1) is 16.7. The Morgan fingerprint density at radius 2 is 2.09 bits per heavy atom. The monoisotopic (exact) mass is 318 g/mol. The second-order valence-corrected chi connectivity index (χ2v) is 7.14. The standard InChI is InChI=1S/C19H30N2O2/c1-15-11-17(5-6-19(15)23-2)13-21-9-8-20(12-16-3-4-16)14-18(21)7-10-22/h5-6,11,16,18,22H,3-4,7-10,12-14H2,1-2H3/t18-/m0/s1. The molecule has 2 fully saturated rings. The minimum atomic E-state index is 0.278. The average Bonchev–Trinajstić information content (AvgIpc) is 3.34. The number of hydrogen-bond donors (Lipinski definition) is 1. The number of rotatable bonds is 7. The molecule has 1 aliphatic carbocycles. The van der Waals surface area contributed by atoms with Gasteiger partial charge in [0.05, 0.1) is 7.11 Å². The predicted molar refractivity (Wildman–Crippen MR) is 92.8 cm³/mol. The Kier molecular flexibility index (Phi) is 5.57. The van der Waals surface area contributed by atoms with Crippen LogP contribution in [0.25, 0.3) is 0 Å². The molecule has 1 saturated carbocycles. The number of nitrogens with zero attached hydrogens (tertiary/aromatic N) is 2. The van der Waals surface area contributed by atoms with Crippen molar-refractivity contribution < 1.29 is 9.84 Å². The maximum absolute atomic E-state index is 9.43. The maximum Gasteiger partial charge on any atom is 0.121 e. The van der Waals surface area contributed by atoms with E-state index < -0.39 is 0 Å². The van der Waals surface area contributed by atoms with E-state index in [-0.39, 0.29) is 6.61 Å². The SMILES string of the molecule is COc1ccc(CN2CCN(CC3CC3)C[C@@H]2CCO)cc1C. The van der Waals surface area contributed by atoms with Crippen molar-refractivity contribution in [3.8, 4) is 5.75 Å². The third kappa shape index (κ3) is 4.46. The van der Waals surface area contributed by atoms with Crippen LogP contribution in [-0.2, 0) is 6.54 Å². The lowest BCUT2D eigenvalue weighted by Gasteiger charge is -2.41. The molecule has 0 radical (unpaired) electrons. The summed E-state index contributed by atoms with van der Waals surface area (Å²) < 4.78 is 5.35. The number of aliphatic hydroxyl groups excluding tert-OH is 1. The van der Waals surface area contributed by atoms with Crippen LogP contribution < -0.4 is 4.74 Å². The maximum atomic E-state index is 9.43. The number of piperazine rings is 1. The molecule has 0 aromatic heterocycles. The van der Waals surface area contributed by atoms with Gasteiger partial charge in [-0.05, 0) is 49.3 Å². The second-order valence-electron chi connectivity index (χ2n) is 7.14. The molecule has 0 bridgehead atoms. The molecule has 1 heterocycles. The number of ether oxygens (including phenoxy) is 1. The van der Waals surface area contributed by atoms with Crippen LogP contribution in [0.5, 0.6) is 5.75 Å². The molecule has 1 aliphatic heterocycles. The van der Waals surface area contributed by atoms with Gasteiger partial charge in [-0.1, -0.05) is 12.1 Å². The van der Waals surface area contributed by atoms with Crippen molar-refractivity contribution in [1.82, 2.24) is 9.80 Å². The van der Waals surface area contributed by atoms with Gasteiger partial charge in [-0.2, -0.15) is 0 Å². The lowest BCUT2D eigenvalue weighted by atomic mass is 10.1. The third-order valence-electron chi connectivity index (χ3n) is 5.21. The molecule has 1 saturated heterocycles. The summed E-state index contributed by atoms with van der Waals surface area (Å²) in [5.41, 5.74) is 2.53. The molecule has 0 unspecified atom stereocenters. The highest BCUT2D eigenvalue weighted by Crippen LogP contribution is 2.31. The average molecular weight is 318 g/mol. The van der Waals surface area contributed by atoms with E-state index in [1.807, 2.05) is 0 Å². The van der Waals surface area contributed by atoms with Crippen LogP contribution in [-0.4, -0.2) is 60.8 Å². The minimum Gasteiger partial charge on any atom is -0.496 e. The highest BCUT2D eigenvalue weighted by atomic mass is 16.5. The van der Waals surface area contributed by atoms with E-state index in [0.717, 1.165) is 44.3 Å². The molecule has 1 aromatic rings. The van der Waals surface area contributed by atoms with E-state index in [0.29, 0.717) is 6.04 Å². The number of aliphatic hydroxyl groups is 1. The molecule has 1 N–H and O–H groups in total. The van der Waals surface area contributed by atoms with Crippen LogP contribution in [0, 0.1) is 12.8 Å². The van der Waals surface area contributed by atoms with E-state index in [4.69, 9.17) is 4.74 Å². The number of aryl methyl sites for hydroxylation is 1. The summed E-state index contributed by atoms with van der Waals surface area (Å²) in [6, 6.07) is 6.92. The third-order valence-corrected chi connectivity index (χ3v) is 5.21. The predicted octanol–water partition coefficient (Wildman–Crippen LogP) is 2.28. The van der Waals surface area contributed by atoms with Crippen LogP contribution in [0.15, 0.2) is 18.2 Å². The zero-order chi connectivity index (χ0) is 16.2. The van der Waals surface area contributed by atoms with Crippen molar-refractivity contribution in [1.29, 1.82) is 0 Å². The van der Waals surface area contributed by atoms with Crippen molar-refractivity contribution in [2.45, 2.75) is 38.8 Å². The summed E-state index contributed by atoms with van der Waals surface area (Å²) >= 11 is 0. The molecule has 1 atom stereocenters. The van der Waals surface area contributed by atoms with Crippen molar-refractivity contribution in [3.05, 3.63) is 29.3 Å². The van der Waals surface area contributed by atoms with Gasteiger partial charge in [0, 0.05) is 45.4 Å². The molecule has 23 heavy (non-hydrogen) atoms. The molecule has 2 aliphatic rings. The van der Waals surface area contributed by atoms with E-state index in [1.54, 1.807) is 7.11 Å². The van der Waals surface area contributed by atoms with Gasteiger partial charge >= 0.3 is 0 Å².